The zero-order valence-corrected chi connectivity index (χ0v) is 17.2. The van der Waals surface area contributed by atoms with E-state index in [1.165, 1.54) is 42.3 Å². The smallest absolute Gasteiger partial charge is 0.261 e. The van der Waals surface area contributed by atoms with E-state index in [1.54, 1.807) is 24.3 Å². The normalized spacial score (nSPS) is 11.2. The summed E-state index contributed by atoms with van der Waals surface area (Å²) in [6.07, 6.45) is 0. The number of amides is 1. The van der Waals surface area contributed by atoms with Crippen LogP contribution in [0.2, 0.25) is 0 Å². The standard InChI is InChI=1S/C22H20F2N2O3S/c1-15-3-9-19(10-4-15)25-30(28,29)20-11-6-16(7-12-20)22(27)26(2)14-17-5-8-18(23)13-21(17)24/h3-13,25H,14H2,1-2H3. The molecule has 0 aliphatic rings. The fourth-order valence-corrected chi connectivity index (χ4v) is 3.87. The van der Waals surface area contributed by atoms with Crippen molar-refractivity contribution in [1.82, 2.24) is 4.90 Å². The number of halogens is 2. The van der Waals surface area contributed by atoms with Crippen LogP contribution in [0.4, 0.5) is 14.5 Å². The summed E-state index contributed by atoms with van der Waals surface area (Å²) in [7, 11) is -2.33. The molecule has 0 bridgehead atoms. The molecule has 1 N–H and O–H groups in total. The van der Waals surface area contributed by atoms with Gasteiger partial charge in [-0.25, -0.2) is 17.2 Å². The van der Waals surface area contributed by atoms with E-state index in [1.807, 2.05) is 6.92 Å². The second-order valence-electron chi connectivity index (χ2n) is 6.89. The molecule has 0 saturated carbocycles. The minimum absolute atomic E-state index is 0.00635. The van der Waals surface area contributed by atoms with Gasteiger partial charge >= 0.3 is 0 Å². The minimum Gasteiger partial charge on any atom is -0.337 e. The molecular weight excluding hydrogens is 410 g/mol. The van der Waals surface area contributed by atoms with Crippen LogP contribution in [0.25, 0.3) is 0 Å². The highest BCUT2D eigenvalue weighted by Gasteiger charge is 2.18. The lowest BCUT2D eigenvalue weighted by molar-refractivity contribution is 0.0783. The number of carbonyl (C=O) groups is 1. The van der Waals surface area contributed by atoms with Crippen LogP contribution in [-0.4, -0.2) is 26.3 Å². The van der Waals surface area contributed by atoms with Gasteiger partial charge in [0.2, 0.25) is 0 Å². The summed E-state index contributed by atoms with van der Waals surface area (Å²) in [5.74, 6) is -1.85. The van der Waals surface area contributed by atoms with Gasteiger partial charge in [-0.05, 0) is 49.4 Å². The molecule has 3 aromatic rings. The summed E-state index contributed by atoms with van der Waals surface area (Å²) >= 11 is 0. The first-order valence-corrected chi connectivity index (χ1v) is 10.5. The van der Waals surface area contributed by atoms with Crippen LogP contribution in [0.15, 0.2) is 71.6 Å². The number of hydrogen-bond acceptors (Lipinski definition) is 3. The number of nitrogens with zero attached hydrogens (tertiary/aromatic N) is 1. The van der Waals surface area contributed by atoms with E-state index < -0.39 is 27.6 Å². The molecule has 30 heavy (non-hydrogen) atoms. The minimum atomic E-state index is -3.81. The number of sulfonamides is 1. The lowest BCUT2D eigenvalue weighted by atomic mass is 10.1. The fraction of sp³-hybridized carbons (Fsp3) is 0.136. The quantitative estimate of drug-likeness (QED) is 0.632. The van der Waals surface area contributed by atoms with E-state index in [4.69, 9.17) is 0 Å². The van der Waals surface area contributed by atoms with Crippen molar-refractivity contribution in [1.29, 1.82) is 0 Å². The van der Waals surface area contributed by atoms with Gasteiger partial charge in [0.05, 0.1) is 4.90 Å². The van der Waals surface area contributed by atoms with Gasteiger partial charge in [-0.1, -0.05) is 23.8 Å². The van der Waals surface area contributed by atoms with Gasteiger partial charge in [0.15, 0.2) is 0 Å². The lowest BCUT2D eigenvalue weighted by Gasteiger charge is -2.18. The molecule has 0 unspecified atom stereocenters. The maximum atomic E-state index is 13.8. The van der Waals surface area contributed by atoms with Crippen LogP contribution >= 0.6 is 0 Å². The Hall–Kier alpha value is -3.26. The molecule has 3 aromatic carbocycles. The molecule has 8 heteroatoms. The van der Waals surface area contributed by atoms with Crippen molar-refractivity contribution < 1.29 is 22.0 Å². The first kappa shape index (κ1) is 21.4. The number of benzene rings is 3. The largest absolute Gasteiger partial charge is 0.337 e. The summed E-state index contributed by atoms with van der Waals surface area (Å²) in [6, 6.07) is 15.5. The average Bonchev–Trinajstić information content (AvgIpc) is 2.71. The van der Waals surface area contributed by atoms with Crippen LogP contribution < -0.4 is 4.72 Å². The number of hydrogen-bond donors (Lipinski definition) is 1. The molecule has 0 radical (unpaired) electrons. The molecular formula is C22H20F2N2O3S. The Labute approximate surface area is 174 Å². The second-order valence-corrected chi connectivity index (χ2v) is 8.58. The Balaban J connectivity index is 1.72. The van der Waals surface area contributed by atoms with E-state index >= 15 is 0 Å². The molecule has 0 fully saturated rings. The van der Waals surface area contributed by atoms with E-state index in [-0.39, 0.29) is 22.6 Å². The van der Waals surface area contributed by atoms with Crippen molar-refractivity contribution in [3.05, 3.63) is 95.1 Å². The average molecular weight is 430 g/mol. The van der Waals surface area contributed by atoms with Crippen molar-refractivity contribution in [2.45, 2.75) is 18.4 Å². The van der Waals surface area contributed by atoms with Crippen molar-refractivity contribution in [3.8, 4) is 0 Å². The Kier molecular flexibility index (Phi) is 6.17. The van der Waals surface area contributed by atoms with Gasteiger partial charge in [-0.15, -0.1) is 0 Å². The third-order valence-corrected chi connectivity index (χ3v) is 5.88. The van der Waals surface area contributed by atoms with Crippen LogP contribution in [-0.2, 0) is 16.6 Å². The van der Waals surface area contributed by atoms with Crippen molar-refractivity contribution in [2.24, 2.45) is 0 Å². The molecule has 0 aromatic heterocycles. The zero-order chi connectivity index (χ0) is 21.9. The molecule has 0 saturated heterocycles. The number of rotatable bonds is 6. The van der Waals surface area contributed by atoms with Crippen LogP contribution in [0.3, 0.4) is 0 Å². The second kappa shape index (κ2) is 8.62. The van der Waals surface area contributed by atoms with Gasteiger partial charge in [0.25, 0.3) is 15.9 Å². The molecule has 0 atom stereocenters. The monoisotopic (exact) mass is 430 g/mol. The molecule has 3 rings (SSSR count). The lowest BCUT2D eigenvalue weighted by Crippen LogP contribution is -2.26. The van der Waals surface area contributed by atoms with E-state index in [0.717, 1.165) is 17.7 Å². The number of nitrogens with one attached hydrogen (secondary N) is 1. The molecule has 0 heterocycles. The van der Waals surface area contributed by atoms with Crippen LogP contribution in [0.1, 0.15) is 21.5 Å². The van der Waals surface area contributed by atoms with Crippen molar-refractivity contribution >= 4 is 21.6 Å². The van der Waals surface area contributed by atoms with Crippen LogP contribution in [0, 0.1) is 18.6 Å². The number of aryl methyl sites for hydroxylation is 1. The summed E-state index contributed by atoms with van der Waals surface area (Å²) in [4.78, 5) is 13.9. The summed E-state index contributed by atoms with van der Waals surface area (Å²) in [6.45, 7) is 1.84. The van der Waals surface area contributed by atoms with Gasteiger partial charge in [0, 0.05) is 36.5 Å². The number of anilines is 1. The number of carbonyl (C=O) groups excluding carboxylic acids is 1. The Morgan fingerprint density at radius 2 is 1.60 bits per heavy atom. The molecule has 5 nitrogen and oxygen atoms in total. The molecule has 0 aliphatic carbocycles. The zero-order valence-electron chi connectivity index (χ0n) is 16.4. The van der Waals surface area contributed by atoms with Gasteiger partial charge in [-0.2, -0.15) is 0 Å². The van der Waals surface area contributed by atoms with E-state index in [0.29, 0.717) is 5.69 Å². The van der Waals surface area contributed by atoms with Crippen LogP contribution in [0.5, 0.6) is 0 Å². The van der Waals surface area contributed by atoms with Gasteiger partial charge in [0.1, 0.15) is 11.6 Å². The first-order valence-electron chi connectivity index (χ1n) is 9.05. The highest BCUT2D eigenvalue weighted by Crippen LogP contribution is 2.18. The Bertz CT molecular complexity index is 1160. The van der Waals surface area contributed by atoms with Crippen molar-refractivity contribution in [2.75, 3.05) is 11.8 Å². The highest BCUT2D eigenvalue weighted by atomic mass is 32.2. The van der Waals surface area contributed by atoms with Gasteiger partial charge in [-0.3, -0.25) is 9.52 Å². The third-order valence-electron chi connectivity index (χ3n) is 4.48. The Morgan fingerprint density at radius 3 is 2.20 bits per heavy atom. The topological polar surface area (TPSA) is 66.5 Å². The SMILES string of the molecule is Cc1ccc(NS(=O)(=O)c2ccc(C(=O)N(C)Cc3ccc(F)cc3F)cc2)cc1. The maximum absolute atomic E-state index is 13.8. The maximum Gasteiger partial charge on any atom is 0.261 e. The summed E-state index contributed by atoms with van der Waals surface area (Å²) < 4.78 is 54.4. The third kappa shape index (κ3) is 5.01. The summed E-state index contributed by atoms with van der Waals surface area (Å²) in [5, 5.41) is 0. The predicted molar refractivity (Wildman–Crippen MR) is 111 cm³/mol. The predicted octanol–water partition coefficient (Wildman–Crippen LogP) is 4.35. The van der Waals surface area contributed by atoms with E-state index in [2.05, 4.69) is 4.72 Å². The highest BCUT2D eigenvalue weighted by molar-refractivity contribution is 7.92. The molecule has 156 valence electrons. The van der Waals surface area contributed by atoms with Gasteiger partial charge < -0.3 is 4.90 Å². The first-order chi connectivity index (χ1) is 14.2. The molecule has 1 amide bonds. The van der Waals surface area contributed by atoms with Crippen molar-refractivity contribution in [3.63, 3.8) is 0 Å². The molecule has 0 spiro atoms. The summed E-state index contributed by atoms with van der Waals surface area (Å²) in [5.41, 5.74) is 1.86. The van der Waals surface area contributed by atoms with E-state index in [9.17, 15) is 22.0 Å². The molecule has 0 aliphatic heterocycles. The Morgan fingerprint density at radius 1 is 0.967 bits per heavy atom. The fourth-order valence-electron chi connectivity index (χ4n) is 2.81.